The molecule has 1 atom stereocenters. The van der Waals surface area contributed by atoms with Crippen molar-refractivity contribution in [1.82, 2.24) is 15.1 Å². The van der Waals surface area contributed by atoms with Crippen LogP contribution in [0.4, 0.5) is 0 Å². The third-order valence-electron chi connectivity index (χ3n) is 5.79. The van der Waals surface area contributed by atoms with Crippen LogP contribution in [0, 0.1) is 0 Å². The number of amides is 1. The van der Waals surface area contributed by atoms with Gasteiger partial charge in [0.2, 0.25) is 0 Å². The fourth-order valence-corrected chi connectivity index (χ4v) is 4.23. The molecular weight excluding hydrogens is 402 g/mol. The minimum absolute atomic E-state index is 0.0398. The number of benzene rings is 2. The Kier molecular flexibility index (Phi) is 5.96. The zero-order valence-electron chi connectivity index (χ0n) is 19.4. The van der Waals surface area contributed by atoms with E-state index >= 15 is 0 Å². The molecule has 0 saturated heterocycles. The van der Waals surface area contributed by atoms with E-state index in [0.29, 0.717) is 12.3 Å². The van der Waals surface area contributed by atoms with Crippen LogP contribution in [0.3, 0.4) is 0 Å². The lowest BCUT2D eigenvalue weighted by atomic mass is 9.93. The maximum atomic E-state index is 13.5. The Hall–Kier alpha value is -3.28. The van der Waals surface area contributed by atoms with E-state index in [1.165, 1.54) is 0 Å². The molecule has 0 fully saturated rings. The van der Waals surface area contributed by atoms with Gasteiger partial charge in [-0.15, -0.1) is 0 Å². The zero-order valence-corrected chi connectivity index (χ0v) is 19.4. The van der Waals surface area contributed by atoms with Gasteiger partial charge in [0.15, 0.2) is 0 Å². The average Bonchev–Trinajstić information content (AvgIpc) is 3.33. The van der Waals surface area contributed by atoms with Crippen molar-refractivity contribution in [3.05, 3.63) is 65.4 Å². The first-order valence-corrected chi connectivity index (χ1v) is 11.1. The molecule has 0 radical (unpaired) electrons. The molecule has 6 heteroatoms. The number of ether oxygens (including phenoxy) is 2. The highest BCUT2D eigenvalue weighted by molar-refractivity contribution is 6.00. The second-order valence-corrected chi connectivity index (χ2v) is 9.11. The standard InChI is InChI=1S/C26H31N3O3/c1-6-7-15-32-20-10-8-9-18(16-20)24-21-22(17-11-13-19(31-5)14-12-17)27-28-23(21)25(30)29(24)26(2,3)4/h8-14,16,24H,6-7,15H2,1-5H3,(H,27,28). The maximum absolute atomic E-state index is 13.5. The first-order valence-electron chi connectivity index (χ1n) is 11.1. The van der Waals surface area contributed by atoms with Gasteiger partial charge in [0.1, 0.15) is 17.2 Å². The lowest BCUT2D eigenvalue weighted by Gasteiger charge is -2.38. The molecule has 4 rings (SSSR count). The van der Waals surface area contributed by atoms with E-state index in [0.717, 1.165) is 46.7 Å². The number of hydrogen-bond donors (Lipinski definition) is 1. The Morgan fingerprint density at radius 2 is 1.84 bits per heavy atom. The van der Waals surface area contributed by atoms with E-state index < -0.39 is 0 Å². The second kappa shape index (κ2) is 8.69. The third kappa shape index (κ3) is 3.97. The zero-order chi connectivity index (χ0) is 22.9. The first-order chi connectivity index (χ1) is 15.3. The highest BCUT2D eigenvalue weighted by atomic mass is 16.5. The molecule has 1 unspecified atom stereocenters. The number of fused-ring (bicyclic) bond motifs is 1. The summed E-state index contributed by atoms with van der Waals surface area (Å²) in [6.45, 7) is 9.01. The molecular formula is C26H31N3O3. The molecule has 6 nitrogen and oxygen atoms in total. The number of hydrogen-bond acceptors (Lipinski definition) is 4. The topological polar surface area (TPSA) is 67.5 Å². The summed E-state index contributed by atoms with van der Waals surface area (Å²) in [6, 6.07) is 15.6. The van der Waals surface area contributed by atoms with Crippen molar-refractivity contribution < 1.29 is 14.3 Å². The lowest BCUT2D eigenvalue weighted by molar-refractivity contribution is 0.0545. The number of H-pyrrole nitrogens is 1. The van der Waals surface area contributed by atoms with Gasteiger partial charge >= 0.3 is 0 Å². The normalized spacial score (nSPS) is 15.7. The van der Waals surface area contributed by atoms with Crippen LogP contribution in [-0.4, -0.2) is 40.3 Å². The van der Waals surface area contributed by atoms with E-state index in [1.807, 2.05) is 47.4 Å². The molecule has 2 aromatic carbocycles. The first kappa shape index (κ1) is 21.9. The fraction of sp³-hybridized carbons (Fsp3) is 0.385. The van der Waals surface area contributed by atoms with Crippen molar-refractivity contribution in [2.75, 3.05) is 13.7 Å². The number of rotatable bonds is 7. The Bertz CT molecular complexity index is 1100. The number of aromatic nitrogens is 2. The molecule has 1 aromatic heterocycles. The van der Waals surface area contributed by atoms with Crippen LogP contribution in [-0.2, 0) is 0 Å². The van der Waals surface area contributed by atoms with E-state index in [9.17, 15) is 4.79 Å². The van der Waals surface area contributed by atoms with Crippen LogP contribution >= 0.6 is 0 Å². The van der Waals surface area contributed by atoms with Gasteiger partial charge in [-0.1, -0.05) is 25.5 Å². The maximum Gasteiger partial charge on any atom is 0.273 e. The molecule has 0 bridgehead atoms. The lowest BCUT2D eigenvalue weighted by Crippen LogP contribution is -2.44. The van der Waals surface area contributed by atoms with E-state index in [-0.39, 0.29) is 17.5 Å². The average molecular weight is 434 g/mol. The number of nitrogens with zero attached hydrogens (tertiary/aromatic N) is 2. The molecule has 0 saturated carbocycles. The molecule has 0 spiro atoms. The molecule has 1 N–H and O–H groups in total. The minimum Gasteiger partial charge on any atom is -0.497 e. The van der Waals surface area contributed by atoms with Crippen LogP contribution in [0.15, 0.2) is 48.5 Å². The SMILES string of the molecule is CCCCOc1cccc(C2c3c(-c4ccc(OC)cc4)n[nH]c3C(=O)N2C(C)(C)C)c1. The van der Waals surface area contributed by atoms with Crippen LogP contribution < -0.4 is 9.47 Å². The second-order valence-electron chi connectivity index (χ2n) is 9.11. The summed E-state index contributed by atoms with van der Waals surface area (Å²) >= 11 is 0. The number of aromatic amines is 1. The molecule has 32 heavy (non-hydrogen) atoms. The fourth-order valence-electron chi connectivity index (χ4n) is 4.23. The third-order valence-corrected chi connectivity index (χ3v) is 5.79. The number of unbranched alkanes of at least 4 members (excludes halogenated alkanes) is 1. The predicted octanol–water partition coefficient (Wildman–Crippen LogP) is 5.61. The van der Waals surface area contributed by atoms with E-state index in [1.54, 1.807) is 7.11 Å². The summed E-state index contributed by atoms with van der Waals surface area (Å²) in [5.41, 5.74) is 3.81. The summed E-state index contributed by atoms with van der Waals surface area (Å²) in [5.74, 6) is 1.56. The summed E-state index contributed by atoms with van der Waals surface area (Å²) in [4.78, 5) is 15.4. The van der Waals surface area contributed by atoms with Crippen molar-refractivity contribution in [1.29, 1.82) is 0 Å². The smallest absolute Gasteiger partial charge is 0.273 e. The molecule has 1 aliphatic heterocycles. The highest BCUT2D eigenvalue weighted by Crippen LogP contribution is 2.46. The van der Waals surface area contributed by atoms with Gasteiger partial charge in [-0.3, -0.25) is 9.89 Å². The van der Waals surface area contributed by atoms with E-state index in [2.05, 4.69) is 44.0 Å². The summed E-state index contributed by atoms with van der Waals surface area (Å²) in [7, 11) is 1.65. The van der Waals surface area contributed by atoms with Gasteiger partial charge in [-0.05, 0) is 69.2 Å². The molecule has 2 heterocycles. The van der Waals surface area contributed by atoms with Gasteiger partial charge in [0.25, 0.3) is 5.91 Å². The highest BCUT2D eigenvalue weighted by Gasteiger charge is 2.46. The minimum atomic E-state index is -0.377. The quantitative estimate of drug-likeness (QED) is 0.492. The Morgan fingerprint density at radius 1 is 1.09 bits per heavy atom. The number of methoxy groups -OCH3 is 1. The van der Waals surface area contributed by atoms with Crippen molar-refractivity contribution in [3.8, 4) is 22.8 Å². The molecule has 168 valence electrons. The van der Waals surface area contributed by atoms with Gasteiger partial charge < -0.3 is 14.4 Å². The molecule has 3 aromatic rings. The molecule has 0 aliphatic carbocycles. The summed E-state index contributed by atoms with van der Waals surface area (Å²) < 4.78 is 11.3. The molecule has 1 amide bonds. The van der Waals surface area contributed by atoms with Crippen molar-refractivity contribution in [2.24, 2.45) is 0 Å². The van der Waals surface area contributed by atoms with Crippen LogP contribution in [0.25, 0.3) is 11.3 Å². The Morgan fingerprint density at radius 3 is 2.50 bits per heavy atom. The summed E-state index contributed by atoms with van der Waals surface area (Å²) in [5, 5.41) is 7.56. The van der Waals surface area contributed by atoms with Crippen LogP contribution in [0.1, 0.15) is 68.2 Å². The van der Waals surface area contributed by atoms with Gasteiger partial charge in [0.05, 0.1) is 25.5 Å². The Labute approximate surface area is 189 Å². The van der Waals surface area contributed by atoms with E-state index in [4.69, 9.17) is 9.47 Å². The van der Waals surface area contributed by atoms with Crippen molar-refractivity contribution in [3.63, 3.8) is 0 Å². The molecule has 1 aliphatic rings. The Balaban J connectivity index is 1.81. The number of carbonyl (C=O) groups is 1. The predicted molar refractivity (Wildman–Crippen MR) is 125 cm³/mol. The number of carbonyl (C=O) groups excluding carboxylic acids is 1. The van der Waals surface area contributed by atoms with Crippen LogP contribution in [0.5, 0.6) is 11.5 Å². The number of nitrogens with one attached hydrogen (secondary N) is 1. The van der Waals surface area contributed by atoms with Crippen molar-refractivity contribution >= 4 is 5.91 Å². The van der Waals surface area contributed by atoms with Gasteiger partial charge in [-0.25, -0.2) is 0 Å². The monoisotopic (exact) mass is 433 g/mol. The van der Waals surface area contributed by atoms with Crippen LogP contribution in [0.2, 0.25) is 0 Å². The summed E-state index contributed by atoms with van der Waals surface area (Å²) in [6.07, 6.45) is 2.09. The van der Waals surface area contributed by atoms with Crippen molar-refractivity contribution in [2.45, 2.75) is 52.1 Å². The largest absolute Gasteiger partial charge is 0.497 e. The van der Waals surface area contributed by atoms with Gasteiger partial charge in [-0.2, -0.15) is 5.10 Å². The van der Waals surface area contributed by atoms with Gasteiger partial charge in [0, 0.05) is 16.7 Å².